The quantitative estimate of drug-likeness (QED) is 0.354. The summed E-state index contributed by atoms with van der Waals surface area (Å²) in [6, 6.07) is 7.96. The SMILES string of the molecule is CCNCc1cncc(-c2ccc3[nH]nc(-c4nc5c(-n6cnc(C)c6)nccc5[nH]4)c3n2)c1. The van der Waals surface area contributed by atoms with E-state index in [1.54, 1.807) is 12.5 Å². The number of aromatic amines is 2. The van der Waals surface area contributed by atoms with Crippen molar-refractivity contribution in [2.75, 3.05) is 6.54 Å². The minimum Gasteiger partial charge on any atom is -0.336 e. The second kappa shape index (κ2) is 8.16. The van der Waals surface area contributed by atoms with Gasteiger partial charge < -0.3 is 10.3 Å². The maximum atomic E-state index is 4.91. The molecule has 0 radical (unpaired) electrons. The summed E-state index contributed by atoms with van der Waals surface area (Å²) in [5.41, 5.74) is 7.62. The fourth-order valence-electron chi connectivity index (χ4n) is 3.98. The molecular formula is C24H22N10. The number of hydrogen-bond acceptors (Lipinski definition) is 7. The number of pyridine rings is 3. The van der Waals surface area contributed by atoms with Crippen molar-refractivity contribution in [3.8, 4) is 28.6 Å². The highest BCUT2D eigenvalue weighted by Crippen LogP contribution is 2.29. The molecule has 0 saturated heterocycles. The summed E-state index contributed by atoms with van der Waals surface area (Å²) in [7, 11) is 0. The average molecular weight is 451 g/mol. The fraction of sp³-hybridized carbons (Fsp3) is 0.167. The van der Waals surface area contributed by atoms with Gasteiger partial charge in [-0.15, -0.1) is 0 Å². The highest BCUT2D eigenvalue weighted by molar-refractivity contribution is 5.92. The van der Waals surface area contributed by atoms with Crippen molar-refractivity contribution in [1.82, 2.24) is 50.0 Å². The minimum atomic E-state index is 0.621. The molecule has 6 aromatic heterocycles. The molecule has 0 amide bonds. The Bertz CT molecular complexity index is 1620. The summed E-state index contributed by atoms with van der Waals surface area (Å²) < 4.78 is 1.87. The van der Waals surface area contributed by atoms with Crippen molar-refractivity contribution in [2.24, 2.45) is 0 Å². The van der Waals surface area contributed by atoms with E-state index >= 15 is 0 Å². The molecule has 0 aliphatic rings. The number of aryl methyl sites for hydroxylation is 1. The van der Waals surface area contributed by atoms with Crippen LogP contribution in [0.1, 0.15) is 18.2 Å². The maximum absolute atomic E-state index is 4.91. The van der Waals surface area contributed by atoms with Crippen LogP contribution in [0.5, 0.6) is 0 Å². The van der Waals surface area contributed by atoms with Crippen LogP contribution in [-0.2, 0) is 6.54 Å². The van der Waals surface area contributed by atoms with Gasteiger partial charge in [0.1, 0.15) is 17.4 Å². The second-order valence-electron chi connectivity index (χ2n) is 8.07. The van der Waals surface area contributed by atoms with E-state index in [0.29, 0.717) is 17.3 Å². The third kappa shape index (κ3) is 3.50. The van der Waals surface area contributed by atoms with Gasteiger partial charge in [0.2, 0.25) is 0 Å². The van der Waals surface area contributed by atoms with Gasteiger partial charge in [-0.2, -0.15) is 5.10 Å². The summed E-state index contributed by atoms with van der Waals surface area (Å²) in [5.74, 6) is 1.33. The summed E-state index contributed by atoms with van der Waals surface area (Å²) in [6.07, 6.45) is 9.11. The Morgan fingerprint density at radius 1 is 1.03 bits per heavy atom. The lowest BCUT2D eigenvalue weighted by Crippen LogP contribution is -2.11. The van der Waals surface area contributed by atoms with Gasteiger partial charge in [0, 0.05) is 36.9 Å². The smallest absolute Gasteiger partial charge is 0.166 e. The van der Waals surface area contributed by atoms with Crippen molar-refractivity contribution in [2.45, 2.75) is 20.4 Å². The van der Waals surface area contributed by atoms with E-state index in [-0.39, 0.29) is 0 Å². The lowest BCUT2D eigenvalue weighted by molar-refractivity contribution is 0.724. The van der Waals surface area contributed by atoms with Crippen LogP contribution in [-0.4, -0.2) is 51.2 Å². The summed E-state index contributed by atoms with van der Waals surface area (Å²) in [6.45, 7) is 5.70. The van der Waals surface area contributed by atoms with Crippen molar-refractivity contribution in [3.63, 3.8) is 0 Å². The largest absolute Gasteiger partial charge is 0.336 e. The number of fused-ring (bicyclic) bond motifs is 2. The maximum Gasteiger partial charge on any atom is 0.166 e. The zero-order valence-electron chi connectivity index (χ0n) is 18.7. The molecule has 10 heteroatoms. The summed E-state index contributed by atoms with van der Waals surface area (Å²) in [5, 5.41) is 10.9. The first-order valence-electron chi connectivity index (χ1n) is 11.1. The number of hydrogen-bond donors (Lipinski definition) is 3. The van der Waals surface area contributed by atoms with Gasteiger partial charge in [-0.25, -0.2) is 19.9 Å². The Morgan fingerprint density at radius 3 is 2.82 bits per heavy atom. The number of rotatable bonds is 6. The third-order valence-electron chi connectivity index (χ3n) is 5.64. The first-order chi connectivity index (χ1) is 16.7. The molecule has 34 heavy (non-hydrogen) atoms. The van der Waals surface area contributed by atoms with E-state index in [4.69, 9.17) is 9.97 Å². The van der Waals surface area contributed by atoms with Crippen molar-refractivity contribution >= 4 is 22.1 Å². The van der Waals surface area contributed by atoms with E-state index in [2.05, 4.69) is 48.4 Å². The number of aromatic nitrogens is 9. The van der Waals surface area contributed by atoms with Gasteiger partial charge in [0.05, 0.1) is 22.4 Å². The molecule has 168 valence electrons. The first-order valence-corrected chi connectivity index (χ1v) is 11.1. The van der Waals surface area contributed by atoms with Crippen LogP contribution < -0.4 is 5.32 Å². The van der Waals surface area contributed by atoms with Crippen molar-refractivity contribution < 1.29 is 0 Å². The Morgan fingerprint density at radius 2 is 1.97 bits per heavy atom. The van der Waals surface area contributed by atoms with E-state index in [1.807, 2.05) is 48.3 Å². The topological polar surface area (TPSA) is 126 Å². The monoisotopic (exact) mass is 450 g/mol. The molecule has 6 aromatic rings. The number of H-pyrrole nitrogens is 2. The molecule has 0 atom stereocenters. The number of nitrogens with one attached hydrogen (secondary N) is 3. The molecule has 0 aliphatic heterocycles. The number of imidazole rings is 2. The molecule has 0 aromatic carbocycles. The van der Waals surface area contributed by atoms with Gasteiger partial charge in [-0.05, 0) is 43.3 Å². The fourth-order valence-corrected chi connectivity index (χ4v) is 3.98. The highest BCUT2D eigenvalue weighted by atomic mass is 15.2. The Kier molecular flexibility index (Phi) is 4.84. The van der Waals surface area contributed by atoms with Crippen molar-refractivity contribution in [3.05, 3.63) is 66.6 Å². The van der Waals surface area contributed by atoms with Crippen LogP contribution in [0, 0.1) is 6.92 Å². The molecule has 3 N–H and O–H groups in total. The highest BCUT2D eigenvalue weighted by Gasteiger charge is 2.17. The second-order valence-corrected chi connectivity index (χ2v) is 8.07. The Hall–Kier alpha value is -4.44. The van der Waals surface area contributed by atoms with Gasteiger partial charge in [-0.3, -0.25) is 14.6 Å². The van der Waals surface area contributed by atoms with E-state index in [9.17, 15) is 0 Å². The lowest BCUT2D eigenvalue weighted by atomic mass is 10.1. The van der Waals surface area contributed by atoms with Gasteiger partial charge >= 0.3 is 0 Å². The van der Waals surface area contributed by atoms with Crippen molar-refractivity contribution in [1.29, 1.82) is 0 Å². The van der Waals surface area contributed by atoms with Crippen LogP contribution in [0.15, 0.2) is 55.4 Å². The van der Waals surface area contributed by atoms with Gasteiger partial charge in [0.25, 0.3) is 0 Å². The van der Waals surface area contributed by atoms with Crippen LogP contribution in [0.4, 0.5) is 0 Å². The minimum absolute atomic E-state index is 0.621. The predicted molar refractivity (Wildman–Crippen MR) is 129 cm³/mol. The standard InChI is InChI=1S/C24H22N10/c1-3-25-9-15-8-16(11-26-10-15)17-4-5-19-20(29-17)22(33-32-19)23-30-18-6-7-27-24(21(18)31-23)34-12-14(2)28-13-34/h4-8,10-13,25H,3,9H2,1-2H3,(H,30,31)(H,32,33). The number of nitrogens with zero attached hydrogens (tertiary/aromatic N) is 7. The van der Waals surface area contributed by atoms with Crippen LogP contribution in [0.2, 0.25) is 0 Å². The average Bonchev–Trinajstić information content (AvgIpc) is 3.59. The normalized spacial score (nSPS) is 11.6. The zero-order valence-corrected chi connectivity index (χ0v) is 18.7. The zero-order chi connectivity index (χ0) is 23.1. The molecule has 0 saturated carbocycles. The summed E-state index contributed by atoms with van der Waals surface area (Å²) >= 11 is 0. The van der Waals surface area contributed by atoms with E-state index in [1.165, 1.54) is 0 Å². The Labute approximate surface area is 194 Å². The third-order valence-corrected chi connectivity index (χ3v) is 5.64. The first kappa shape index (κ1) is 20.2. The van der Waals surface area contributed by atoms with Crippen LogP contribution in [0.25, 0.3) is 50.7 Å². The molecule has 0 aliphatic carbocycles. The predicted octanol–water partition coefficient (Wildman–Crippen LogP) is 3.56. The summed E-state index contributed by atoms with van der Waals surface area (Å²) in [4.78, 5) is 26.3. The molecule has 10 nitrogen and oxygen atoms in total. The molecule has 6 heterocycles. The van der Waals surface area contributed by atoms with Crippen LogP contribution in [0.3, 0.4) is 0 Å². The van der Waals surface area contributed by atoms with E-state index < -0.39 is 0 Å². The Balaban J connectivity index is 1.44. The molecule has 0 unspecified atom stereocenters. The molecule has 6 rings (SSSR count). The van der Waals surface area contributed by atoms with Gasteiger partial charge in [-0.1, -0.05) is 6.92 Å². The molecule has 0 spiro atoms. The molecule has 0 fully saturated rings. The molecular weight excluding hydrogens is 428 g/mol. The van der Waals surface area contributed by atoms with Crippen LogP contribution >= 0.6 is 0 Å². The lowest BCUT2D eigenvalue weighted by Gasteiger charge is -2.05. The van der Waals surface area contributed by atoms with Gasteiger partial charge in [0.15, 0.2) is 17.3 Å². The van der Waals surface area contributed by atoms with E-state index in [0.717, 1.165) is 57.7 Å². The molecule has 0 bridgehead atoms.